The van der Waals surface area contributed by atoms with Gasteiger partial charge in [-0.25, -0.2) is 8.42 Å². The summed E-state index contributed by atoms with van der Waals surface area (Å²) in [6.07, 6.45) is 1.88. The maximum absolute atomic E-state index is 12.2. The Balaban J connectivity index is 1.87. The second-order valence-corrected chi connectivity index (χ2v) is 9.58. The number of anilines is 1. The Kier molecular flexibility index (Phi) is 8.01. The van der Waals surface area contributed by atoms with Gasteiger partial charge in [0.2, 0.25) is 15.9 Å². The number of benzene rings is 2. The van der Waals surface area contributed by atoms with E-state index in [1.165, 1.54) is 4.90 Å². The number of thioether (sulfide) groups is 1. The lowest BCUT2D eigenvalue weighted by molar-refractivity contribution is -0.119. The van der Waals surface area contributed by atoms with Crippen molar-refractivity contribution in [1.82, 2.24) is 5.32 Å². The molecule has 0 radical (unpaired) electrons. The summed E-state index contributed by atoms with van der Waals surface area (Å²) in [6.45, 7) is 2.00. The Morgan fingerprint density at radius 2 is 1.89 bits per heavy atom. The third-order valence-corrected chi connectivity index (χ3v) is 6.23. The highest BCUT2D eigenvalue weighted by atomic mass is 35.5. The zero-order chi connectivity index (χ0) is 19.9. The molecule has 5 nitrogen and oxygen atoms in total. The van der Waals surface area contributed by atoms with E-state index < -0.39 is 10.0 Å². The van der Waals surface area contributed by atoms with Crippen LogP contribution in [-0.2, 0) is 14.8 Å². The second-order valence-electron chi connectivity index (χ2n) is 6.07. The minimum absolute atomic E-state index is 0.257. The maximum atomic E-state index is 12.2. The monoisotopic (exact) mass is 426 g/mol. The third kappa shape index (κ3) is 7.08. The van der Waals surface area contributed by atoms with Crippen molar-refractivity contribution >= 4 is 45.0 Å². The summed E-state index contributed by atoms with van der Waals surface area (Å²) >= 11 is 7.66. The summed E-state index contributed by atoms with van der Waals surface area (Å²) in [4.78, 5) is 13.4. The van der Waals surface area contributed by atoms with Crippen molar-refractivity contribution in [3.05, 3.63) is 59.1 Å². The van der Waals surface area contributed by atoms with Crippen LogP contribution in [0, 0.1) is 6.92 Å². The van der Waals surface area contributed by atoms with E-state index in [9.17, 15) is 13.2 Å². The van der Waals surface area contributed by atoms with E-state index in [4.69, 9.17) is 11.6 Å². The molecule has 0 unspecified atom stereocenters. The van der Waals surface area contributed by atoms with Gasteiger partial charge in [-0.1, -0.05) is 29.8 Å². The Morgan fingerprint density at radius 1 is 1.19 bits per heavy atom. The number of nitrogens with zero attached hydrogens (tertiary/aromatic N) is 1. The molecule has 0 aromatic heterocycles. The highest BCUT2D eigenvalue weighted by Gasteiger charge is 2.22. The SMILES string of the molecule is Cc1cc(Cl)ccc1N(CC(=O)NCCCSc1ccccc1)S(C)(=O)=O. The summed E-state index contributed by atoms with van der Waals surface area (Å²) in [5, 5.41) is 3.31. The molecule has 2 aromatic carbocycles. The zero-order valence-electron chi connectivity index (χ0n) is 15.3. The average molecular weight is 427 g/mol. The molecule has 0 saturated carbocycles. The van der Waals surface area contributed by atoms with Gasteiger partial charge in [-0.05, 0) is 55.0 Å². The van der Waals surface area contributed by atoms with Gasteiger partial charge in [-0.2, -0.15) is 0 Å². The molecule has 146 valence electrons. The fraction of sp³-hybridized carbons (Fsp3) is 0.316. The van der Waals surface area contributed by atoms with Crippen LogP contribution in [0.2, 0.25) is 5.02 Å². The number of carbonyl (C=O) groups excluding carboxylic acids is 1. The minimum atomic E-state index is -3.59. The van der Waals surface area contributed by atoms with Crippen LogP contribution in [0.5, 0.6) is 0 Å². The Bertz CT molecular complexity index is 874. The molecule has 0 bridgehead atoms. The van der Waals surface area contributed by atoms with Crippen molar-refractivity contribution in [1.29, 1.82) is 0 Å². The van der Waals surface area contributed by atoms with Gasteiger partial charge in [0.15, 0.2) is 0 Å². The van der Waals surface area contributed by atoms with Crippen molar-refractivity contribution in [2.45, 2.75) is 18.2 Å². The molecular weight excluding hydrogens is 404 g/mol. The molecule has 1 N–H and O–H groups in total. The van der Waals surface area contributed by atoms with Gasteiger partial charge in [-0.3, -0.25) is 9.10 Å². The smallest absolute Gasteiger partial charge is 0.240 e. The number of halogens is 1. The van der Waals surface area contributed by atoms with Crippen LogP contribution in [0.4, 0.5) is 5.69 Å². The van der Waals surface area contributed by atoms with Crippen LogP contribution in [0.25, 0.3) is 0 Å². The van der Waals surface area contributed by atoms with Crippen molar-refractivity contribution in [2.24, 2.45) is 0 Å². The summed E-state index contributed by atoms with van der Waals surface area (Å²) < 4.78 is 25.4. The van der Waals surface area contributed by atoms with Gasteiger partial charge < -0.3 is 5.32 Å². The molecule has 0 saturated heterocycles. The lowest BCUT2D eigenvalue weighted by Crippen LogP contribution is -2.41. The van der Waals surface area contributed by atoms with E-state index in [1.54, 1.807) is 36.9 Å². The molecule has 0 heterocycles. The number of amides is 1. The quantitative estimate of drug-likeness (QED) is 0.490. The van der Waals surface area contributed by atoms with Crippen molar-refractivity contribution in [2.75, 3.05) is 29.4 Å². The molecule has 8 heteroatoms. The second kappa shape index (κ2) is 10.0. The van der Waals surface area contributed by atoms with Crippen molar-refractivity contribution in [3.63, 3.8) is 0 Å². The molecule has 2 rings (SSSR count). The van der Waals surface area contributed by atoms with Crippen molar-refractivity contribution in [3.8, 4) is 0 Å². The minimum Gasteiger partial charge on any atom is -0.354 e. The summed E-state index contributed by atoms with van der Waals surface area (Å²) in [5.74, 6) is 0.538. The predicted molar refractivity (Wildman–Crippen MR) is 113 cm³/mol. The number of aryl methyl sites for hydroxylation is 1. The number of nitrogens with one attached hydrogen (secondary N) is 1. The summed E-state index contributed by atoms with van der Waals surface area (Å²) in [7, 11) is -3.59. The molecule has 1 amide bonds. The molecule has 0 aliphatic heterocycles. The van der Waals surface area contributed by atoms with E-state index in [1.807, 2.05) is 30.3 Å². The van der Waals surface area contributed by atoms with E-state index >= 15 is 0 Å². The Hall–Kier alpha value is -1.70. The van der Waals surface area contributed by atoms with Gasteiger partial charge in [0.05, 0.1) is 11.9 Å². The third-order valence-electron chi connectivity index (χ3n) is 3.77. The molecule has 0 atom stereocenters. The standard InChI is InChI=1S/C19H23ClN2O3S2/c1-15-13-16(20)9-10-18(15)22(27(2,24)25)14-19(23)21-11-6-12-26-17-7-4-3-5-8-17/h3-5,7-10,13H,6,11-12,14H2,1-2H3,(H,21,23). The first-order chi connectivity index (χ1) is 12.8. The lowest BCUT2D eigenvalue weighted by atomic mass is 10.2. The summed E-state index contributed by atoms with van der Waals surface area (Å²) in [5.41, 5.74) is 1.15. The van der Waals surface area contributed by atoms with Crippen LogP contribution in [0.15, 0.2) is 53.4 Å². The van der Waals surface area contributed by atoms with Crippen molar-refractivity contribution < 1.29 is 13.2 Å². The van der Waals surface area contributed by atoms with Gasteiger partial charge in [0.25, 0.3) is 0 Å². The van der Waals surface area contributed by atoms with E-state index in [-0.39, 0.29) is 12.5 Å². The van der Waals surface area contributed by atoms with Crippen LogP contribution in [-0.4, -0.2) is 39.4 Å². The first-order valence-electron chi connectivity index (χ1n) is 8.46. The lowest BCUT2D eigenvalue weighted by Gasteiger charge is -2.23. The number of hydrogen-bond acceptors (Lipinski definition) is 4. The highest BCUT2D eigenvalue weighted by Crippen LogP contribution is 2.25. The average Bonchev–Trinajstić information content (AvgIpc) is 2.60. The van der Waals surface area contributed by atoms with Crippen LogP contribution >= 0.6 is 23.4 Å². The fourth-order valence-electron chi connectivity index (χ4n) is 2.47. The van der Waals surface area contributed by atoms with E-state index in [0.717, 1.165) is 22.7 Å². The van der Waals surface area contributed by atoms with E-state index in [0.29, 0.717) is 22.8 Å². The first kappa shape index (κ1) is 21.6. The molecule has 0 aliphatic rings. The number of carbonyl (C=O) groups is 1. The molecule has 2 aromatic rings. The Labute approximate surface area is 170 Å². The van der Waals surface area contributed by atoms with E-state index in [2.05, 4.69) is 5.32 Å². The van der Waals surface area contributed by atoms with Crippen LogP contribution in [0.3, 0.4) is 0 Å². The largest absolute Gasteiger partial charge is 0.354 e. The summed E-state index contributed by atoms with van der Waals surface area (Å²) in [6, 6.07) is 14.9. The van der Waals surface area contributed by atoms with Gasteiger partial charge in [0.1, 0.15) is 6.54 Å². The fourth-order valence-corrected chi connectivity index (χ4v) is 4.49. The highest BCUT2D eigenvalue weighted by molar-refractivity contribution is 7.99. The Morgan fingerprint density at radius 3 is 2.52 bits per heavy atom. The zero-order valence-corrected chi connectivity index (χ0v) is 17.7. The number of sulfonamides is 1. The predicted octanol–water partition coefficient (Wildman–Crippen LogP) is 3.71. The topological polar surface area (TPSA) is 66.5 Å². The van der Waals surface area contributed by atoms with Crippen LogP contribution in [0.1, 0.15) is 12.0 Å². The molecule has 0 fully saturated rings. The maximum Gasteiger partial charge on any atom is 0.240 e. The molecule has 27 heavy (non-hydrogen) atoms. The van der Waals surface area contributed by atoms with Gasteiger partial charge in [-0.15, -0.1) is 11.8 Å². The molecule has 0 aliphatic carbocycles. The number of hydrogen-bond donors (Lipinski definition) is 1. The van der Waals surface area contributed by atoms with Crippen LogP contribution < -0.4 is 9.62 Å². The first-order valence-corrected chi connectivity index (χ1v) is 11.7. The normalized spacial score (nSPS) is 11.2. The molecule has 0 spiro atoms. The number of rotatable bonds is 9. The van der Waals surface area contributed by atoms with Gasteiger partial charge in [0, 0.05) is 16.5 Å². The van der Waals surface area contributed by atoms with Gasteiger partial charge >= 0.3 is 0 Å². The molecular formula is C19H23ClN2O3S2.